The van der Waals surface area contributed by atoms with E-state index in [0.29, 0.717) is 24.2 Å². The average molecular weight is 403 g/mol. The van der Waals surface area contributed by atoms with Gasteiger partial charge in [-0.05, 0) is 49.1 Å². The van der Waals surface area contributed by atoms with Crippen molar-refractivity contribution in [3.8, 4) is 11.5 Å². The molecule has 0 aromatic heterocycles. The predicted octanol–water partition coefficient (Wildman–Crippen LogP) is 3.92. The van der Waals surface area contributed by atoms with Crippen molar-refractivity contribution < 1.29 is 9.47 Å². The van der Waals surface area contributed by atoms with Crippen LogP contribution in [0.3, 0.4) is 0 Å². The molecule has 2 aromatic rings. The number of halogens is 1. The molecule has 7 heteroatoms. The lowest BCUT2D eigenvalue weighted by molar-refractivity contribution is 0.405. The standard InChI is InChI=1S/C21H27ClN4O2/c1-14-4-5-16(22)10-19(14)26-9-8-15(13-26)12-24-21(23)25-18-11-17(27-2)6-7-20(18)28-3/h4-7,10-11,15H,8-9,12-13H2,1-3H3,(H3,23,24,25). The summed E-state index contributed by atoms with van der Waals surface area (Å²) in [4.78, 5) is 6.91. The van der Waals surface area contributed by atoms with Crippen molar-refractivity contribution in [2.24, 2.45) is 16.6 Å². The number of methoxy groups -OCH3 is 2. The lowest BCUT2D eigenvalue weighted by Gasteiger charge is -2.21. The molecule has 1 aliphatic heterocycles. The maximum atomic E-state index is 6.17. The average Bonchev–Trinajstić information content (AvgIpc) is 3.17. The molecule has 0 aliphatic carbocycles. The molecule has 1 unspecified atom stereocenters. The van der Waals surface area contributed by atoms with E-state index < -0.39 is 0 Å². The van der Waals surface area contributed by atoms with Gasteiger partial charge in [0, 0.05) is 36.4 Å². The maximum absolute atomic E-state index is 6.17. The van der Waals surface area contributed by atoms with E-state index in [1.54, 1.807) is 14.2 Å². The van der Waals surface area contributed by atoms with Gasteiger partial charge in [-0.25, -0.2) is 0 Å². The van der Waals surface area contributed by atoms with Crippen molar-refractivity contribution in [2.75, 3.05) is 44.1 Å². The van der Waals surface area contributed by atoms with Crippen LogP contribution in [-0.4, -0.2) is 39.8 Å². The Bertz CT molecular complexity index is 856. The van der Waals surface area contributed by atoms with Gasteiger partial charge in [0.05, 0.1) is 19.9 Å². The van der Waals surface area contributed by atoms with Gasteiger partial charge in [0.2, 0.25) is 0 Å². The maximum Gasteiger partial charge on any atom is 0.193 e. The zero-order chi connectivity index (χ0) is 20.1. The van der Waals surface area contributed by atoms with E-state index in [0.717, 1.165) is 36.0 Å². The molecule has 3 rings (SSSR count). The molecule has 28 heavy (non-hydrogen) atoms. The van der Waals surface area contributed by atoms with Crippen LogP contribution < -0.4 is 25.4 Å². The van der Waals surface area contributed by atoms with Gasteiger partial charge in [-0.2, -0.15) is 0 Å². The smallest absolute Gasteiger partial charge is 0.193 e. The third-order valence-electron chi connectivity index (χ3n) is 4.99. The normalized spacial score (nSPS) is 16.9. The fourth-order valence-corrected chi connectivity index (χ4v) is 3.61. The summed E-state index contributed by atoms with van der Waals surface area (Å²) in [6.07, 6.45) is 1.07. The summed E-state index contributed by atoms with van der Waals surface area (Å²) in [7, 11) is 3.24. The number of aliphatic imine (C=N–C) groups is 1. The van der Waals surface area contributed by atoms with Gasteiger partial charge in [-0.15, -0.1) is 0 Å². The first-order valence-corrected chi connectivity index (χ1v) is 9.68. The Labute approximate surface area is 171 Å². The zero-order valence-corrected chi connectivity index (χ0v) is 17.3. The SMILES string of the molecule is COc1ccc(OC)c(NC(N)=NCC2CCN(c3cc(Cl)ccc3C)C2)c1. The fourth-order valence-electron chi connectivity index (χ4n) is 3.44. The van der Waals surface area contributed by atoms with E-state index in [4.69, 9.17) is 26.8 Å². The van der Waals surface area contributed by atoms with Crippen LogP contribution in [0.5, 0.6) is 11.5 Å². The molecule has 6 nitrogen and oxygen atoms in total. The van der Waals surface area contributed by atoms with Crippen molar-refractivity contribution in [2.45, 2.75) is 13.3 Å². The number of rotatable bonds is 6. The second-order valence-corrected chi connectivity index (χ2v) is 7.39. The van der Waals surface area contributed by atoms with Crippen molar-refractivity contribution in [1.82, 2.24) is 0 Å². The number of aryl methyl sites for hydroxylation is 1. The third-order valence-corrected chi connectivity index (χ3v) is 5.22. The minimum Gasteiger partial charge on any atom is -0.497 e. The van der Waals surface area contributed by atoms with Crippen molar-refractivity contribution in [3.63, 3.8) is 0 Å². The molecule has 0 saturated carbocycles. The van der Waals surface area contributed by atoms with Crippen LogP contribution in [0.4, 0.5) is 11.4 Å². The highest BCUT2D eigenvalue weighted by Crippen LogP contribution is 2.30. The van der Waals surface area contributed by atoms with Crippen LogP contribution in [0, 0.1) is 12.8 Å². The summed E-state index contributed by atoms with van der Waals surface area (Å²) in [5, 5.41) is 3.88. The van der Waals surface area contributed by atoms with Gasteiger partial charge in [-0.1, -0.05) is 17.7 Å². The number of benzene rings is 2. The highest BCUT2D eigenvalue weighted by atomic mass is 35.5. The molecule has 0 radical (unpaired) electrons. The number of hydrogen-bond donors (Lipinski definition) is 2. The Balaban J connectivity index is 1.61. The highest BCUT2D eigenvalue weighted by molar-refractivity contribution is 6.30. The Morgan fingerprint density at radius 3 is 2.82 bits per heavy atom. The second-order valence-electron chi connectivity index (χ2n) is 6.95. The van der Waals surface area contributed by atoms with Crippen LogP contribution >= 0.6 is 11.6 Å². The number of nitrogens with one attached hydrogen (secondary N) is 1. The molecule has 2 aromatic carbocycles. The summed E-state index contributed by atoms with van der Waals surface area (Å²) >= 11 is 6.17. The first-order chi connectivity index (χ1) is 13.5. The van der Waals surface area contributed by atoms with Gasteiger partial charge >= 0.3 is 0 Å². The first-order valence-electron chi connectivity index (χ1n) is 9.30. The molecule has 0 amide bonds. The lowest BCUT2D eigenvalue weighted by Crippen LogP contribution is -2.25. The Kier molecular flexibility index (Phi) is 6.52. The van der Waals surface area contributed by atoms with Crippen LogP contribution in [-0.2, 0) is 0 Å². The Morgan fingerprint density at radius 2 is 2.07 bits per heavy atom. The van der Waals surface area contributed by atoms with Gasteiger partial charge in [0.15, 0.2) is 5.96 Å². The van der Waals surface area contributed by atoms with Crippen molar-refractivity contribution >= 4 is 28.9 Å². The monoisotopic (exact) mass is 402 g/mol. The molecule has 1 fully saturated rings. The summed E-state index contributed by atoms with van der Waals surface area (Å²) in [5.41, 5.74) is 9.26. The summed E-state index contributed by atoms with van der Waals surface area (Å²) in [6.45, 7) is 4.72. The lowest BCUT2D eigenvalue weighted by atomic mass is 10.1. The summed E-state index contributed by atoms with van der Waals surface area (Å²) in [5.74, 6) is 2.22. The van der Waals surface area contributed by atoms with E-state index in [1.807, 2.05) is 30.3 Å². The molecule has 150 valence electrons. The third kappa shape index (κ3) is 4.81. The van der Waals surface area contributed by atoms with Crippen molar-refractivity contribution in [3.05, 3.63) is 47.0 Å². The van der Waals surface area contributed by atoms with Gasteiger partial charge in [0.1, 0.15) is 11.5 Å². The Morgan fingerprint density at radius 1 is 1.25 bits per heavy atom. The fraction of sp³-hybridized carbons (Fsp3) is 0.381. The largest absolute Gasteiger partial charge is 0.497 e. The molecule has 1 atom stereocenters. The molecule has 1 heterocycles. The van der Waals surface area contributed by atoms with Crippen molar-refractivity contribution in [1.29, 1.82) is 0 Å². The highest BCUT2D eigenvalue weighted by Gasteiger charge is 2.23. The van der Waals surface area contributed by atoms with E-state index in [9.17, 15) is 0 Å². The number of hydrogen-bond acceptors (Lipinski definition) is 4. The summed E-state index contributed by atoms with van der Waals surface area (Å²) < 4.78 is 10.6. The molecule has 3 N–H and O–H groups in total. The van der Waals surface area contributed by atoms with E-state index in [2.05, 4.69) is 28.2 Å². The molecule has 1 aliphatic rings. The molecular formula is C21H27ClN4O2. The predicted molar refractivity (Wildman–Crippen MR) is 116 cm³/mol. The number of nitrogens with zero attached hydrogens (tertiary/aromatic N) is 2. The van der Waals surface area contributed by atoms with Gasteiger partial charge < -0.3 is 25.4 Å². The zero-order valence-electron chi connectivity index (χ0n) is 16.5. The van der Waals surface area contributed by atoms with Crippen LogP contribution in [0.2, 0.25) is 5.02 Å². The number of nitrogens with two attached hydrogens (primary N) is 1. The molecule has 1 saturated heterocycles. The number of anilines is 2. The summed E-state index contributed by atoms with van der Waals surface area (Å²) in [6, 6.07) is 11.5. The molecule has 0 bridgehead atoms. The van der Waals surface area contributed by atoms with E-state index in [1.165, 1.54) is 11.3 Å². The van der Waals surface area contributed by atoms with Crippen LogP contribution in [0.15, 0.2) is 41.4 Å². The Hall–Kier alpha value is -2.60. The topological polar surface area (TPSA) is 72.1 Å². The van der Waals surface area contributed by atoms with Gasteiger partial charge in [0.25, 0.3) is 0 Å². The molecule has 0 spiro atoms. The quantitative estimate of drug-likeness (QED) is 0.566. The van der Waals surface area contributed by atoms with Gasteiger partial charge in [-0.3, -0.25) is 4.99 Å². The number of ether oxygens (including phenoxy) is 2. The van der Waals surface area contributed by atoms with Crippen LogP contribution in [0.25, 0.3) is 0 Å². The first kappa shape index (κ1) is 20.1. The van der Waals surface area contributed by atoms with E-state index in [-0.39, 0.29) is 0 Å². The molecular weight excluding hydrogens is 376 g/mol. The minimum atomic E-state index is 0.365. The van der Waals surface area contributed by atoms with E-state index >= 15 is 0 Å². The van der Waals surface area contributed by atoms with Crippen LogP contribution in [0.1, 0.15) is 12.0 Å². The second kappa shape index (κ2) is 9.06. The number of guanidine groups is 1. The minimum absolute atomic E-state index is 0.365.